The van der Waals surface area contributed by atoms with Crippen molar-refractivity contribution in [3.05, 3.63) is 63.4 Å². The molecule has 148 valence electrons. The SMILES string of the molecule is O=C(COC(=O)c1cc(Cl)cc(Cl)c1)NCC(=O)Nc1ccc(F)c(F)c1F. The van der Waals surface area contributed by atoms with Crippen LogP contribution in [0.2, 0.25) is 10.0 Å². The van der Waals surface area contributed by atoms with Crippen molar-refractivity contribution in [3.63, 3.8) is 0 Å². The number of nitrogens with one attached hydrogen (secondary N) is 2. The Morgan fingerprint density at radius 2 is 1.57 bits per heavy atom. The zero-order valence-corrected chi connectivity index (χ0v) is 15.3. The predicted molar refractivity (Wildman–Crippen MR) is 94.7 cm³/mol. The lowest BCUT2D eigenvalue weighted by molar-refractivity contribution is -0.126. The number of rotatable bonds is 6. The van der Waals surface area contributed by atoms with Gasteiger partial charge in [0.1, 0.15) is 0 Å². The molecule has 2 rings (SSSR count). The van der Waals surface area contributed by atoms with Crippen LogP contribution in [0.1, 0.15) is 10.4 Å². The minimum Gasteiger partial charge on any atom is -0.452 e. The van der Waals surface area contributed by atoms with Crippen LogP contribution in [0, 0.1) is 17.5 Å². The smallest absolute Gasteiger partial charge is 0.338 e. The second-order valence-electron chi connectivity index (χ2n) is 5.28. The fraction of sp³-hybridized carbons (Fsp3) is 0.118. The molecule has 0 spiro atoms. The Kier molecular flexibility index (Phi) is 7.24. The summed E-state index contributed by atoms with van der Waals surface area (Å²) in [6, 6.07) is 5.44. The third kappa shape index (κ3) is 5.86. The van der Waals surface area contributed by atoms with Crippen molar-refractivity contribution in [2.75, 3.05) is 18.5 Å². The molecule has 11 heteroatoms. The molecular formula is C17H11Cl2F3N2O4. The van der Waals surface area contributed by atoms with E-state index in [4.69, 9.17) is 27.9 Å². The summed E-state index contributed by atoms with van der Waals surface area (Å²) in [6.07, 6.45) is 0. The molecule has 2 N–H and O–H groups in total. The molecule has 0 atom stereocenters. The first kappa shape index (κ1) is 21.5. The van der Waals surface area contributed by atoms with Gasteiger partial charge < -0.3 is 15.4 Å². The highest BCUT2D eigenvalue weighted by Gasteiger charge is 2.16. The van der Waals surface area contributed by atoms with E-state index in [9.17, 15) is 27.6 Å². The summed E-state index contributed by atoms with van der Waals surface area (Å²) in [5.74, 6) is -7.34. The Bertz CT molecular complexity index is 921. The number of carbonyl (C=O) groups excluding carboxylic acids is 3. The average molecular weight is 435 g/mol. The van der Waals surface area contributed by atoms with Crippen molar-refractivity contribution in [2.24, 2.45) is 0 Å². The van der Waals surface area contributed by atoms with E-state index >= 15 is 0 Å². The topological polar surface area (TPSA) is 84.5 Å². The molecule has 2 amide bonds. The number of halogens is 5. The molecule has 0 saturated heterocycles. The van der Waals surface area contributed by atoms with Crippen molar-refractivity contribution >= 4 is 46.7 Å². The molecule has 2 aromatic carbocycles. The average Bonchev–Trinajstić information content (AvgIpc) is 2.64. The first-order valence-electron chi connectivity index (χ1n) is 7.50. The lowest BCUT2D eigenvalue weighted by Crippen LogP contribution is -2.35. The van der Waals surface area contributed by atoms with Gasteiger partial charge in [0.2, 0.25) is 5.91 Å². The Balaban J connectivity index is 1.81. The van der Waals surface area contributed by atoms with E-state index in [1.54, 1.807) is 0 Å². The molecule has 0 heterocycles. The van der Waals surface area contributed by atoms with Crippen LogP contribution in [0.5, 0.6) is 0 Å². The molecule has 0 bridgehead atoms. The third-order valence-electron chi connectivity index (χ3n) is 3.19. The second kappa shape index (κ2) is 9.43. The highest BCUT2D eigenvalue weighted by atomic mass is 35.5. The summed E-state index contributed by atoms with van der Waals surface area (Å²) >= 11 is 11.5. The van der Waals surface area contributed by atoms with Gasteiger partial charge in [-0.05, 0) is 30.3 Å². The van der Waals surface area contributed by atoms with Gasteiger partial charge in [-0.3, -0.25) is 9.59 Å². The van der Waals surface area contributed by atoms with Gasteiger partial charge in [-0.15, -0.1) is 0 Å². The monoisotopic (exact) mass is 434 g/mol. The van der Waals surface area contributed by atoms with E-state index in [-0.39, 0.29) is 15.6 Å². The van der Waals surface area contributed by atoms with Crippen molar-refractivity contribution < 1.29 is 32.3 Å². The maximum atomic E-state index is 13.5. The van der Waals surface area contributed by atoms with Gasteiger partial charge in [0, 0.05) is 10.0 Å². The molecule has 0 saturated carbocycles. The van der Waals surface area contributed by atoms with Crippen molar-refractivity contribution in [1.82, 2.24) is 5.32 Å². The Morgan fingerprint density at radius 3 is 2.21 bits per heavy atom. The largest absolute Gasteiger partial charge is 0.452 e. The number of carbonyl (C=O) groups is 3. The molecule has 28 heavy (non-hydrogen) atoms. The fourth-order valence-corrected chi connectivity index (χ4v) is 2.46. The summed E-state index contributed by atoms with van der Waals surface area (Å²) in [5.41, 5.74) is -0.570. The van der Waals surface area contributed by atoms with Crippen LogP contribution in [0.4, 0.5) is 18.9 Å². The number of benzene rings is 2. The zero-order valence-electron chi connectivity index (χ0n) is 13.8. The van der Waals surface area contributed by atoms with Gasteiger partial charge in [-0.25, -0.2) is 18.0 Å². The highest BCUT2D eigenvalue weighted by Crippen LogP contribution is 2.20. The van der Waals surface area contributed by atoms with E-state index in [2.05, 4.69) is 5.32 Å². The summed E-state index contributed by atoms with van der Waals surface area (Å²) < 4.78 is 44.1. The normalized spacial score (nSPS) is 10.3. The molecule has 0 fully saturated rings. The van der Waals surface area contributed by atoms with Crippen LogP contribution in [-0.2, 0) is 14.3 Å². The molecule has 0 aliphatic carbocycles. The van der Waals surface area contributed by atoms with Gasteiger partial charge in [-0.2, -0.15) is 0 Å². The Hall–Kier alpha value is -2.78. The van der Waals surface area contributed by atoms with Gasteiger partial charge in [0.15, 0.2) is 24.1 Å². The lowest BCUT2D eigenvalue weighted by Gasteiger charge is -2.09. The second-order valence-corrected chi connectivity index (χ2v) is 6.15. The van der Waals surface area contributed by atoms with Gasteiger partial charge in [0.05, 0.1) is 17.8 Å². The van der Waals surface area contributed by atoms with E-state index in [1.807, 2.05) is 5.32 Å². The third-order valence-corrected chi connectivity index (χ3v) is 3.62. The van der Waals surface area contributed by atoms with E-state index < -0.39 is 54.1 Å². The van der Waals surface area contributed by atoms with Crippen molar-refractivity contribution in [1.29, 1.82) is 0 Å². The first-order valence-corrected chi connectivity index (χ1v) is 8.26. The van der Waals surface area contributed by atoms with Crippen LogP contribution in [0.25, 0.3) is 0 Å². The number of amides is 2. The number of ether oxygens (including phenoxy) is 1. The highest BCUT2D eigenvalue weighted by molar-refractivity contribution is 6.35. The molecular weight excluding hydrogens is 424 g/mol. The summed E-state index contributed by atoms with van der Waals surface area (Å²) in [7, 11) is 0. The van der Waals surface area contributed by atoms with Crippen molar-refractivity contribution in [3.8, 4) is 0 Å². The zero-order chi connectivity index (χ0) is 20.8. The van der Waals surface area contributed by atoms with Crippen LogP contribution in [0.3, 0.4) is 0 Å². The summed E-state index contributed by atoms with van der Waals surface area (Å²) in [6.45, 7) is -1.34. The van der Waals surface area contributed by atoms with Gasteiger partial charge in [-0.1, -0.05) is 23.2 Å². The minimum absolute atomic E-state index is 0.0249. The molecule has 0 aliphatic heterocycles. The number of esters is 1. The molecule has 2 aromatic rings. The molecule has 0 aromatic heterocycles. The van der Waals surface area contributed by atoms with Gasteiger partial charge >= 0.3 is 5.97 Å². The van der Waals surface area contributed by atoms with Crippen LogP contribution in [-0.4, -0.2) is 30.9 Å². The Morgan fingerprint density at radius 1 is 0.929 bits per heavy atom. The summed E-state index contributed by atoms with van der Waals surface area (Å²) in [5, 5.41) is 4.47. The van der Waals surface area contributed by atoms with E-state index in [0.29, 0.717) is 6.07 Å². The quantitative estimate of drug-likeness (QED) is 0.539. The maximum Gasteiger partial charge on any atom is 0.338 e. The van der Waals surface area contributed by atoms with E-state index in [0.717, 1.165) is 6.07 Å². The fourth-order valence-electron chi connectivity index (χ4n) is 1.93. The van der Waals surface area contributed by atoms with Crippen molar-refractivity contribution in [2.45, 2.75) is 0 Å². The van der Waals surface area contributed by atoms with E-state index in [1.165, 1.54) is 18.2 Å². The van der Waals surface area contributed by atoms with Crippen LogP contribution < -0.4 is 10.6 Å². The summed E-state index contributed by atoms with van der Waals surface area (Å²) in [4.78, 5) is 35.1. The molecule has 6 nitrogen and oxygen atoms in total. The number of anilines is 1. The molecule has 0 radical (unpaired) electrons. The number of hydrogen-bond acceptors (Lipinski definition) is 4. The Labute approximate surface area is 166 Å². The van der Waals surface area contributed by atoms with Gasteiger partial charge in [0.25, 0.3) is 5.91 Å². The minimum atomic E-state index is -1.74. The predicted octanol–water partition coefficient (Wildman–Crippen LogP) is 3.32. The molecule has 0 aliphatic rings. The van der Waals surface area contributed by atoms with Crippen LogP contribution in [0.15, 0.2) is 30.3 Å². The molecule has 0 unspecified atom stereocenters. The lowest BCUT2D eigenvalue weighted by atomic mass is 10.2. The first-order chi connectivity index (χ1) is 13.2. The number of hydrogen-bond donors (Lipinski definition) is 2. The maximum absolute atomic E-state index is 13.5. The van der Waals surface area contributed by atoms with Crippen LogP contribution >= 0.6 is 23.2 Å². The standard InChI is InChI=1S/C17H11Cl2F3N2O4/c18-9-3-8(4-10(19)5-9)17(27)28-7-14(26)23-6-13(25)24-12-2-1-11(20)15(21)16(12)22/h1-5H,6-7H2,(H,23,26)(H,24,25).